The van der Waals surface area contributed by atoms with Gasteiger partial charge in [-0.25, -0.2) is 0 Å². The number of hydrogen-bond donors (Lipinski definition) is 2. The van der Waals surface area contributed by atoms with E-state index >= 15 is 0 Å². The predicted octanol–water partition coefficient (Wildman–Crippen LogP) is -0.263. The number of aliphatic hydroxyl groups excluding tert-OH is 1. The fraction of sp³-hybridized carbons (Fsp3) is 1.00. The molecule has 0 spiro atoms. The Balaban J connectivity index is 2.60. The van der Waals surface area contributed by atoms with E-state index in [9.17, 15) is 5.11 Å². The van der Waals surface area contributed by atoms with Gasteiger partial charge in [0.2, 0.25) is 0 Å². The van der Waals surface area contributed by atoms with Crippen molar-refractivity contribution in [2.24, 2.45) is 5.73 Å². The number of nitrogens with zero attached hydrogens (tertiary/aromatic N) is 2. The summed E-state index contributed by atoms with van der Waals surface area (Å²) in [5.41, 5.74) is 5.60. The molecule has 0 saturated carbocycles. The van der Waals surface area contributed by atoms with E-state index in [2.05, 4.69) is 23.9 Å². The second kappa shape index (κ2) is 8.07. The minimum Gasteiger partial charge on any atom is -0.392 e. The molecule has 0 amide bonds. The van der Waals surface area contributed by atoms with Crippen LogP contribution in [0.25, 0.3) is 0 Å². The van der Waals surface area contributed by atoms with Gasteiger partial charge in [-0.2, -0.15) is 0 Å². The van der Waals surface area contributed by atoms with E-state index in [4.69, 9.17) is 10.5 Å². The lowest BCUT2D eigenvalue weighted by Crippen LogP contribution is -2.46. The highest BCUT2D eigenvalue weighted by Crippen LogP contribution is 2.23. The lowest BCUT2D eigenvalue weighted by atomic mass is 10.1. The van der Waals surface area contributed by atoms with Crippen LogP contribution in [0.3, 0.4) is 0 Å². The van der Waals surface area contributed by atoms with Crippen LogP contribution in [0, 0.1) is 0 Å². The molecule has 5 heteroatoms. The fourth-order valence-electron chi connectivity index (χ4n) is 2.86. The highest BCUT2D eigenvalue weighted by Gasteiger charge is 2.35. The van der Waals surface area contributed by atoms with Crippen LogP contribution in [-0.4, -0.2) is 80.5 Å². The summed E-state index contributed by atoms with van der Waals surface area (Å²) in [7, 11) is 5.89. The number of hydrogen-bond acceptors (Lipinski definition) is 5. The van der Waals surface area contributed by atoms with Crippen LogP contribution in [0.1, 0.15) is 19.3 Å². The van der Waals surface area contributed by atoms with Crippen molar-refractivity contribution < 1.29 is 9.84 Å². The Labute approximate surface area is 111 Å². The first-order valence-corrected chi connectivity index (χ1v) is 6.86. The van der Waals surface area contributed by atoms with E-state index in [1.807, 2.05) is 0 Å². The van der Waals surface area contributed by atoms with Crippen molar-refractivity contribution in [2.75, 3.05) is 47.4 Å². The summed E-state index contributed by atoms with van der Waals surface area (Å²) in [5.74, 6) is 0. The molecule has 1 saturated heterocycles. The zero-order valence-electron chi connectivity index (χ0n) is 12.0. The average Bonchev–Trinajstić information content (AvgIpc) is 2.64. The van der Waals surface area contributed by atoms with Gasteiger partial charge in [-0.15, -0.1) is 0 Å². The van der Waals surface area contributed by atoms with Gasteiger partial charge in [0.15, 0.2) is 0 Å². The molecule has 3 atom stereocenters. The smallest absolute Gasteiger partial charge is 0.0682 e. The van der Waals surface area contributed by atoms with Crippen LogP contribution in [-0.2, 0) is 4.74 Å². The number of aliphatic hydroxyl groups is 1. The number of likely N-dealkylation sites (N-methyl/N-ethyl adjacent to an activating group) is 1. The molecule has 1 fully saturated rings. The number of nitrogens with two attached hydrogens (primary N) is 1. The summed E-state index contributed by atoms with van der Waals surface area (Å²) >= 11 is 0. The van der Waals surface area contributed by atoms with Crippen LogP contribution in [0.4, 0.5) is 0 Å². The van der Waals surface area contributed by atoms with Crippen molar-refractivity contribution in [2.45, 2.75) is 37.5 Å². The summed E-state index contributed by atoms with van der Waals surface area (Å²) < 4.78 is 5.32. The van der Waals surface area contributed by atoms with Crippen LogP contribution < -0.4 is 5.73 Å². The van der Waals surface area contributed by atoms with Gasteiger partial charge >= 0.3 is 0 Å². The number of likely N-dealkylation sites (tertiary alicyclic amines) is 1. The molecule has 1 rings (SSSR count). The van der Waals surface area contributed by atoms with Crippen LogP contribution in [0.2, 0.25) is 0 Å². The third-order valence-corrected chi connectivity index (χ3v) is 3.58. The third kappa shape index (κ3) is 4.82. The van der Waals surface area contributed by atoms with Gasteiger partial charge in [0.25, 0.3) is 0 Å². The Morgan fingerprint density at radius 2 is 2.22 bits per heavy atom. The molecule has 18 heavy (non-hydrogen) atoms. The second-order valence-corrected chi connectivity index (χ2v) is 5.54. The zero-order valence-corrected chi connectivity index (χ0v) is 12.0. The summed E-state index contributed by atoms with van der Waals surface area (Å²) in [6, 6.07) is 0.800. The van der Waals surface area contributed by atoms with Crippen LogP contribution >= 0.6 is 0 Å². The maximum Gasteiger partial charge on any atom is 0.0682 e. The summed E-state index contributed by atoms with van der Waals surface area (Å²) in [6.45, 7) is 3.18. The number of methoxy groups -OCH3 is 1. The van der Waals surface area contributed by atoms with Gasteiger partial charge in [0.1, 0.15) is 0 Å². The SMILES string of the molecule is COCC(CCCN)N1CC(O)CC1CN(C)C. The van der Waals surface area contributed by atoms with Gasteiger partial charge in [-0.3, -0.25) is 4.90 Å². The Hall–Kier alpha value is -0.200. The molecule has 5 nitrogen and oxygen atoms in total. The van der Waals surface area contributed by atoms with E-state index in [0.717, 1.165) is 45.5 Å². The lowest BCUT2D eigenvalue weighted by molar-refractivity contribution is 0.0628. The molecule has 0 bridgehead atoms. The van der Waals surface area contributed by atoms with E-state index in [-0.39, 0.29) is 6.10 Å². The number of ether oxygens (including phenoxy) is 1. The third-order valence-electron chi connectivity index (χ3n) is 3.58. The van der Waals surface area contributed by atoms with E-state index < -0.39 is 0 Å². The highest BCUT2D eigenvalue weighted by molar-refractivity contribution is 4.90. The highest BCUT2D eigenvalue weighted by atomic mass is 16.5. The van der Waals surface area contributed by atoms with Crippen molar-refractivity contribution in [3.05, 3.63) is 0 Å². The maximum absolute atomic E-state index is 9.90. The quantitative estimate of drug-likeness (QED) is 0.629. The number of β-amino-alcohol motifs (C(OH)–C–C–N with tert-alkyl or cyclic N) is 1. The molecule has 0 radical (unpaired) electrons. The molecular formula is C13H29N3O2. The normalized spacial score (nSPS) is 27.0. The van der Waals surface area contributed by atoms with Crippen LogP contribution in [0.5, 0.6) is 0 Å². The molecule has 0 aromatic heterocycles. The van der Waals surface area contributed by atoms with Gasteiger partial charge < -0.3 is 20.5 Å². The Morgan fingerprint density at radius 1 is 1.50 bits per heavy atom. The molecule has 1 heterocycles. The molecule has 0 aromatic carbocycles. The second-order valence-electron chi connectivity index (χ2n) is 5.54. The first-order chi connectivity index (χ1) is 8.58. The van der Waals surface area contributed by atoms with Crippen molar-refractivity contribution >= 4 is 0 Å². The Kier molecular flexibility index (Phi) is 7.11. The van der Waals surface area contributed by atoms with Crippen molar-refractivity contribution in [3.8, 4) is 0 Å². The lowest BCUT2D eigenvalue weighted by Gasteiger charge is -2.33. The van der Waals surface area contributed by atoms with Gasteiger partial charge in [-0.05, 0) is 39.9 Å². The van der Waals surface area contributed by atoms with Crippen molar-refractivity contribution in [1.82, 2.24) is 9.80 Å². The predicted molar refractivity (Wildman–Crippen MR) is 73.6 cm³/mol. The molecule has 0 aliphatic carbocycles. The minimum absolute atomic E-state index is 0.202. The van der Waals surface area contributed by atoms with E-state index in [1.54, 1.807) is 7.11 Å². The summed E-state index contributed by atoms with van der Waals surface area (Å²) in [4.78, 5) is 4.59. The molecule has 108 valence electrons. The molecule has 1 aliphatic rings. The Morgan fingerprint density at radius 3 is 2.78 bits per heavy atom. The molecule has 3 N–H and O–H groups in total. The maximum atomic E-state index is 9.90. The average molecular weight is 259 g/mol. The zero-order chi connectivity index (χ0) is 13.5. The van der Waals surface area contributed by atoms with E-state index in [0.29, 0.717) is 12.1 Å². The fourth-order valence-corrected chi connectivity index (χ4v) is 2.86. The monoisotopic (exact) mass is 259 g/mol. The molecule has 3 unspecified atom stereocenters. The largest absolute Gasteiger partial charge is 0.392 e. The molecule has 0 aromatic rings. The number of rotatable bonds is 8. The Bertz CT molecular complexity index is 226. The van der Waals surface area contributed by atoms with Crippen molar-refractivity contribution in [3.63, 3.8) is 0 Å². The molecule has 1 aliphatic heterocycles. The standard InChI is InChI=1S/C13H29N3O2/c1-15(2)8-12-7-13(17)9-16(12)11(10-18-3)5-4-6-14/h11-13,17H,4-10,14H2,1-3H3. The topological polar surface area (TPSA) is 62.0 Å². The summed E-state index contributed by atoms with van der Waals surface area (Å²) in [5, 5.41) is 9.90. The van der Waals surface area contributed by atoms with Crippen LogP contribution in [0.15, 0.2) is 0 Å². The van der Waals surface area contributed by atoms with E-state index in [1.165, 1.54) is 0 Å². The minimum atomic E-state index is -0.202. The van der Waals surface area contributed by atoms with Gasteiger partial charge in [0, 0.05) is 32.3 Å². The van der Waals surface area contributed by atoms with Gasteiger partial charge in [-0.1, -0.05) is 0 Å². The van der Waals surface area contributed by atoms with Crippen molar-refractivity contribution in [1.29, 1.82) is 0 Å². The molecular weight excluding hydrogens is 230 g/mol. The summed E-state index contributed by atoms with van der Waals surface area (Å²) in [6.07, 6.45) is 2.71. The van der Waals surface area contributed by atoms with Gasteiger partial charge in [0.05, 0.1) is 12.7 Å². The first kappa shape index (κ1) is 15.9. The first-order valence-electron chi connectivity index (χ1n) is 6.86.